The topological polar surface area (TPSA) is 0 Å². The van der Waals surface area contributed by atoms with E-state index in [1.807, 2.05) is 0 Å². The summed E-state index contributed by atoms with van der Waals surface area (Å²) in [7, 11) is 0. The molecule has 0 amide bonds. The van der Waals surface area contributed by atoms with Gasteiger partial charge >= 0.3 is 0 Å². The lowest BCUT2D eigenvalue weighted by Gasteiger charge is -2.28. The van der Waals surface area contributed by atoms with Gasteiger partial charge in [-0.15, -0.1) is 0 Å². The molecule has 4 atom stereocenters. The molecular formula is C17H32. The van der Waals surface area contributed by atoms with Gasteiger partial charge in [0, 0.05) is 0 Å². The largest absolute Gasteiger partial charge is 0.0807 e. The van der Waals surface area contributed by atoms with E-state index in [0.717, 1.165) is 23.7 Å². The van der Waals surface area contributed by atoms with Crippen molar-refractivity contribution in [2.45, 2.75) is 73.1 Å². The molecule has 0 heteroatoms. The van der Waals surface area contributed by atoms with Gasteiger partial charge in [-0.05, 0) is 36.5 Å². The maximum absolute atomic E-state index is 2.47. The lowest BCUT2D eigenvalue weighted by atomic mass is 9.78. The van der Waals surface area contributed by atoms with Gasteiger partial charge in [-0.1, -0.05) is 72.0 Å². The van der Waals surface area contributed by atoms with Crippen LogP contribution in [0.15, 0.2) is 11.6 Å². The Bertz CT molecular complexity index is 238. The Kier molecular flexibility index (Phi) is 6.30. The molecule has 0 fully saturated rings. The van der Waals surface area contributed by atoms with E-state index in [4.69, 9.17) is 0 Å². The normalized spacial score (nSPS) is 21.6. The maximum Gasteiger partial charge on any atom is -0.0133 e. The molecular weight excluding hydrogens is 204 g/mol. The molecule has 0 bridgehead atoms. The van der Waals surface area contributed by atoms with Crippen LogP contribution in [-0.4, -0.2) is 0 Å². The van der Waals surface area contributed by atoms with E-state index in [0.29, 0.717) is 0 Å². The van der Waals surface area contributed by atoms with Gasteiger partial charge in [-0.3, -0.25) is 0 Å². The Morgan fingerprint density at radius 1 is 1.06 bits per heavy atom. The minimum Gasteiger partial charge on any atom is -0.0807 e. The zero-order chi connectivity index (χ0) is 12.8. The van der Waals surface area contributed by atoms with Crippen molar-refractivity contribution in [3.05, 3.63) is 11.6 Å². The molecule has 100 valence electrons. The Labute approximate surface area is 109 Å². The van der Waals surface area contributed by atoms with Crippen LogP contribution >= 0.6 is 0 Å². The van der Waals surface area contributed by atoms with E-state index in [1.165, 1.54) is 38.5 Å². The molecule has 1 rings (SSSR count). The number of allylic oxidation sites excluding steroid dienone is 2. The lowest BCUT2D eigenvalue weighted by Crippen LogP contribution is -2.18. The second-order valence-electron chi connectivity index (χ2n) is 6.23. The van der Waals surface area contributed by atoms with Crippen molar-refractivity contribution >= 4 is 0 Å². The fourth-order valence-corrected chi connectivity index (χ4v) is 3.01. The van der Waals surface area contributed by atoms with Crippen LogP contribution in [0, 0.1) is 23.7 Å². The second-order valence-corrected chi connectivity index (χ2v) is 6.23. The lowest BCUT2D eigenvalue weighted by molar-refractivity contribution is 0.230. The van der Waals surface area contributed by atoms with Crippen molar-refractivity contribution in [1.29, 1.82) is 0 Å². The van der Waals surface area contributed by atoms with Gasteiger partial charge in [0.1, 0.15) is 0 Å². The van der Waals surface area contributed by atoms with Crippen molar-refractivity contribution in [2.75, 3.05) is 0 Å². The predicted molar refractivity (Wildman–Crippen MR) is 78.1 cm³/mol. The minimum absolute atomic E-state index is 0.867. The smallest absolute Gasteiger partial charge is 0.0133 e. The summed E-state index contributed by atoms with van der Waals surface area (Å²) >= 11 is 0. The van der Waals surface area contributed by atoms with Crippen LogP contribution < -0.4 is 0 Å². The molecule has 0 heterocycles. The van der Waals surface area contributed by atoms with Crippen LogP contribution in [0.2, 0.25) is 0 Å². The van der Waals surface area contributed by atoms with E-state index >= 15 is 0 Å². The quantitative estimate of drug-likeness (QED) is 0.442. The third-order valence-electron chi connectivity index (χ3n) is 5.09. The molecule has 0 saturated carbocycles. The molecule has 1 aliphatic rings. The zero-order valence-electron chi connectivity index (χ0n) is 12.6. The summed E-state index contributed by atoms with van der Waals surface area (Å²) in [6.45, 7) is 12.0. The van der Waals surface area contributed by atoms with Crippen molar-refractivity contribution in [3.8, 4) is 0 Å². The first-order valence-electron chi connectivity index (χ1n) is 7.79. The highest BCUT2D eigenvalue weighted by molar-refractivity contribution is 5.23. The summed E-state index contributed by atoms with van der Waals surface area (Å²) in [6, 6.07) is 0. The van der Waals surface area contributed by atoms with Gasteiger partial charge in [0.2, 0.25) is 0 Å². The fourth-order valence-electron chi connectivity index (χ4n) is 3.01. The van der Waals surface area contributed by atoms with E-state index in [2.05, 4.69) is 40.7 Å². The Hall–Kier alpha value is -0.260. The Morgan fingerprint density at radius 3 is 2.18 bits per heavy atom. The summed E-state index contributed by atoms with van der Waals surface area (Å²) in [5.74, 6) is 3.61. The second kappa shape index (κ2) is 7.24. The average molecular weight is 236 g/mol. The van der Waals surface area contributed by atoms with Crippen molar-refractivity contribution < 1.29 is 0 Å². The van der Waals surface area contributed by atoms with E-state index in [-0.39, 0.29) is 0 Å². The van der Waals surface area contributed by atoms with Crippen LogP contribution in [0.5, 0.6) is 0 Å². The van der Waals surface area contributed by atoms with Gasteiger partial charge in [0.05, 0.1) is 0 Å². The summed E-state index contributed by atoms with van der Waals surface area (Å²) < 4.78 is 0. The molecule has 0 saturated heterocycles. The highest BCUT2D eigenvalue weighted by Crippen LogP contribution is 2.33. The van der Waals surface area contributed by atoms with Gasteiger partial charge < -0.3 is 0 Å². The highest BCUT2D eigenvalue weighted by Gasteiger charge is 2.21. The van der Waals surface area contributed by atoms with Crippen molar-refractivity contribution in [1.82, 2.24) is 0 Å². The highest BCUT2D eigenvalue weighted by atomic mass is 14.3. The SMILES string of the molecule is CCC(C)C(C)C(CC)CCCC(C)C1=CC1. The zero-order valence-corrected chi connectivity index (χ0v) is 12.6. The molecule has 0 radical (unpaired) electrons. The summed E-state index contributed by atoms with van der Waals surface area (Å²) in [5, 5.41) is 0. The standard InChI is InChI=1S/C17H32/c1-6-13(3)15(5)16(7-2)10-8-9-14(4)17-11-12-17/h11,13-16H,6-10,12H2,1-5H3. The molecule has 0 aliphatic heterocycles. The molecule has 0 aromatic rings. The minimum atomic E-state index is 0.867. The molecule has 0 aromatic carbocycles. The summed E-state index contributed by atoms with van der Waals surface area (Å²) in [5.41, 5.74) is 1.72. The first-order valence-corrected chi connectivity index (χ1v) is 7.79. The van der Waals surface area contributed by atoms with E-state index in [9.17, 15) is 0 Å². The predicted octanol–water partition coefficient (Wildman–Crippen LogP) is 5.83. The van der Waals surface area contributed by atoms with Crippen LogP contribution in [0.1, 0.15) is 73.1 Å². The third kappa shape index (κ3) is 4.85. The molecule has 0 N–H and O–H groups in total. The summed E-state index contributed by atoms with van der Waals surface area (Å²) in [4.78, 5) is 0. The first-order chi connectivity index (χ1) is 8.10. The first kappa shape index (κ1) is 14.8. The average Bonchev–Trinajstić information content (AvgIpc) is 3.16. The monoisotopic (exact) mass is 236 g/mol. The third-order valence-corrected chi connectivity index (χ3v) is 5.09. The van der Waals surface area contributed by atoms with Crippen LogP contribution in [0.25, 0.3) is 0 Å². The summed E-state index contributed by atoms with van der Waals surface area (Å²) in [6.07, 6.45) is 10.7. The fraction of sp³-hybridized carbons (Fsp3) is 0.882. The van der Waals surface area contributed by atoms with Gasteiger partial charge in [-0.2, -0.15) is 0 Å². The van der Waals surface area contributed by atoms with E-state index in [1.54, 1.807) is 5.57 Å². The van der Waals surface area contributed by atoms with Gasteiger partial charge in [0.15, 0.2) is 0 Å². The van der Waals surface area contributed by atoms with Gasteiger partial charge in [-0.25, -0.2) is 0 Å². The van der Waals surface area contributed by atoms with Crippen LogP contribution in [0.3, 0.4) is 0 Å². The molecule has 0 nitrogen and oxygen atoms in total. The Morgan fingerprint density at radius 2 is 1.71 bits per heavy atom. The van der Waals surface area contributed by atoms with Gasteiger partial charge in [0.25, 0.3) is 0 Å². The maximum atomic E-state index is 2.47. The molecule has 17 heavy (non-hydrogen) atoms. The van der Waals surface area contributed by atoms with E-state index < -0.39 is 0 Å². The molecule has 4 unspecified atom stereocenters. The van der Waals surface area contributed by atoms with Crippen molar-refractivity contribution in [2.24, 2.45) is 23.7 Å². The molecule has 0 aromatic heterocycles. The Balaban J connectivity index is 2.23. The van der Waals surface area contributed by atoms with Crippen molar-refractivity contribution in [3.63, 3.8) is 0 Å². The number of rotatable bonds is 9. The molecule has 1 aliphatic carbocycles. The van der Waals surface area contributed by atoms with Crippen LogP contribution in [0.4, 0.5) is 0 Å². The number of hydrogen-bond donors (Lipinski definition) is 0. The number of hydrogen-bond acceptors (Lipinski definition) is 0. The molecule has 0 spiro atoms. The van der Waals surface area contributed by atoms with Crippen LogP contribution in [-0.2, 0) is 0 Å².